The highest BCUT2D eigenvalue weighted by atomic mass is 15.3. The van der Waals surface area contributed by atoms with Gasteiger partial charge in [-0.15, -0.1) is 0 Å². The van der Waals surface area contributed by atoms with Gasteiger partial charge >= 0.3 is 0 Å². The molecule has 0 spiro atoms. The molecule has 4 saturated carbocycles. The minimum atomic E-state index is 0.327. The van der Waals surface area contributed by atoms with Crippen LogP contribution in [0.4, 0.5) is 0 Å². The summed E-state index contributed by atoms with van der Waals surface area (Å²) in [6.45, 7) is 20.0. The van der Waals surface area contributed by atoms with E-state index in [9.17, 15) is 0 Å². The predicted octanol–water partition coefficient (Wildman–Crippen LogP) is 6.62. The second-order valence-electron chi connectivity index (χ2n) is 13.2. The Morgan fingerprint density at radius 1 is 0.704 bits per heavy atom. The molecule has 154 valence electrons. The molecule has 0 aromatic carbocycles. The molecule has 6 saturated heterocycles. The Labute approximate surface area is 169 Å². The number of piperidine rings is 2. The van der Waals surface area contributed by atoms with Gasteiger partial charge in [0, 0.05) is 18.1 Å². The molecule has 9 atom stereocenters. The zero-order valence-electron chi connectivity index (χ0n) is 19.2. The van der Waals surface area contributed by atoms with Crippen molar-refractivity contribution in [3.63, 3.8) is 0 Å². The van der Waals surface area contributed by atoms with Crippen LogP contribution in [0, 0.1) is 52.3 Å². The lowest BCUT2D eigenvalue weighted by Crippen LogP contribution is -2.68. The summed E-state index contributed by atoms with van der Waals surface area (Å²) < 4.78 is 0. The number of nitrogens with zero attached hydrogens (tertiary/aromatic N) is 1. The van der Waals surface area contributed by atoms with E-state index in [1.807, 2.05) is 0 Å². The predicted molar refractivity (Wildman–Crippen MR) is 115 cm³/mol. The summed E-state index contributed by atoms with van der Waals surface area (Å²) in [5, 5.41) is 0. The molecule has 4 aliphatic carbocycles. The highest BCUT2D eigenvalue weighted by molar-refractivity contribution is 5.12. The van der Waals surface area contributed by atoms with Crippen molar-refractivity contribution in [3.8, 4) is 0 Å². The molecule has 27 heavy (non-hydrogen) atoms. The van der Waals surface area contributed by atoms with Crippen molar-refractivity contribution in [2.24, 2.45) is 52.3 Å². The molecule has 0 amide bonds. The Hall–Kier alpha value is -0.0400. The molecule has 0 aromatic rings. The largest absolute Gasteiger partial charge is 0.294 e. The summed E-state index contributed by atoms with van der Waals surface area (Å²) in [7, 11) is 0. The van der Waals surface area contributed by atoms with Crippen LogP contribution in [-0.4, -0.2) is 23.0 Å². The minimum absolute atomic E-state index is 0.327. The molecule has 10 aliphatic rings. The van der Waals surface area contributed by atoms with Gasteiger partial charge in [-0.25, -0.2) is 0 Å². The van der Waals surface area contributed by atoms with Crippen LogP contribution in [0.2, 0.25) is 0 Å². The van der Waals surface area contributed by atoms with Crippen LogP contribution in [0.15, 0.2) is 0 Å². The molecular formula is C26H45N. The first-order valence-corrected chi connectivity index (χ1v) is 12.3. The molecule has 1 nitrogen and oxygen atoms in total. The summed E-state index contributed by atoms with van der Waals surface area (Å²) in [4.78, 5) is 3.03. The zero-order valence-corrected chi connectivity index (χ0v) is 19.2. The van der Waals surface area contributed by atoms with E-state index in [0.29, 0.717) is 16.4 Å². The van der Waals surface area contributed by atoms with Crippen molar-refractivity contribution in [1.82, 2.24) is 4.90 Å². The monoisotopic (exact) mass is 371 g/mol. The normalized spacial score (nSPS) is 54.6. The molecule has 0 aromatic heterocycles. The van der Waals surface area contributed by atoms with E-state index in [1.54, 1.807) is 6.42 Å². The van der Waals surface area contributed by atoms with E-state index in [2.05, 4.69) is 53.4 Å². The summed E-state index contributed by atoms with van der Waals surface area (Å²) in [6.07, 6.45) is 10.6. The third-order valence-electron chi connectivity index (χ3n) is 12.0. The minimum Gasteiger partial charge on any atom is -0.294 e. The van der Waals surface area contributed by atoms with Crippen LogP contribution >= 0.6 is 0 Å². The third kappa shape index (κ3) is 2.39. The van der Waals surface area contributed by atoms with Crippen molar-refractivity contribution in [2.45, 2.75) is 105 Å². The van der Waals surface area contributed by atoms with Crippen LogP contribution in [0.25, 0.3) is 0 Å². The van der Waals surface area contributed by atoms with E-state index < -0.39 is 0 Å². The van der Waals surface area contributed by atoms with Crippen molar-refractivity contribution in [3.05, 3.63) is 0 Å². The van der Waals surface area contributed by atoms with E-state index in [1.165, 1.54) is 45.1 Å². The van der Waals surface area contributed by atoms with Gasteiger partial charge in [-0.1, -0.05) is 34.6 Å². The summed E-state index contributed by atoms with van der Waals surface area (Å²) in [5.41, 5.74) is 1.27. The molecular weight excluding hydrogens is 326 g/mol. The Balaban J connectivity index is 1.62. The third-order valence-corrected chi connectivity index (χ3v) is 12.0. The smallest absolute Gasteiger partial charge is 0.0209 e. The van der Waals surface area contributed by atoms with E-state index in [-0.39, 0.29) is 0 Å². The van der Waals surface area contributed by atoms with Gasteiger partial charge in [0.15, 0.2) is 0 Å². The van der Waals surface area contributed by atoms with Crippen molar-refractivity contribution in [2.75, 3.05) is 6.54 Å². The molecule has 0 radical (unpaired) electrons. The molecule has 10 rings (SSSR count). The molecule has 9 unspecified atom stereocenters. The van der Waals surface area contributed by atoms with Crippen LogP contribution in [0.5, 0.6) is 0 Å². The van der Waals surface area contributed by atoms with Gasteiger partial charge < -0.3 is 0 Å². The first-order chi connectivity index (χ1) is 12.5. The maximum Gasteiger partial charge on any atom is 0.0209 e. The highest BCUT2D eigenvalue weighted by Gasteiger charge is 2.60. The average Bonchev–Trinajstić information content (AvgIpc) is 2.67. The van der Waals surface area contributed by atoms with Gasteiger partial charge in [0.25, 0.3) is 0 Å². The summed E-state index contributed by atoms with van der Waals surface area (Å²) >= 11 is 0. The van der Waals surface area contributed by atoms with Crippen molar-refractivity contribution < 1.29 is 0 Å². The van der Waals surface area contributed by atoms with Gasteiger partial charge in [-0.05, 0) is 111 Å². The Kier molecular flexibility index (Phi) is 4.05. The highest BCUT2D eigenvalue weighted by Crippen LogP contribution is 2.64. The lowest BCUT2D eigenvalue weighted by atomic mass is 9.45. The van der Waals surface area contributed by atoms with Gasteiger partial charge in [-0.3, -0.25) is 4.90 Å². The zero-order chi connectivity index (χ0) is 19.4. The quantitative estimate of drug-likeness (QED) is 0.462. The van der Waals surface area contributed by atoms with Crippen LogP contribution in [0.3, 0.4) is 0 Å². The second kappa shape index (κ2) is 5.77. The van der Waals surface area contributed by atoms with Crippen molar-refractivity contribution >= 4 is 0 Å². The Morgan fingerprint density at radius 2 is 1.37 bits per heavy atom. The first-order valence-electron chi connectivity index (χ1n) is 12.3. The number of rotatable bonds is 0. The molecule has 10 fully saturated rings. The lowest BCUT2D eigenvalue weighted by Gasteiger charge is -2.67. The molecule has 1 heteroatoms. The maximum atomic E-state index is 3.03. The van der Waals surface area contributed by atoms with Gasteiger partial charge in [0.05, 0.1) is 0 Å². The van der Waals surface area contributed by atoms with Crippen LogP contribution in [-0.2, 0) is 0 Å². The standard InChI is InChI=1S/C26H45N/c1-16-21-12-18-9-8-17(21)13-23(18)25(4,5)26(6,7)27-15-19-10-11-20(27)14-22(19)24(16,2)3/h16-23H,8-15H2,1-7H3. The number of hydrogen-bond donors (Lipinski definition) is 0. The molecule has 0 N–H and O–H groups in total. The number of hydrogen-bond acceptors (Lipinski definition) is 1. The van der Waals surface area contributed by atoms with Gasteiger partial charge in [-0.2, -0.15) is 0 Å². The average molecular weight is 372 g/mol. The van der Waals surface area contributed by atoms with Crippen LogP contribution < -0.4 is 0 Å². The van der Waals surface area contributed by atoms with Gasteiger partial charge in [0.2, 0.25) is 0 Å². The van der Waals surface area contributed by atoms with E-state index in [4.69, 9.17) is 0 Å². The fourth-order valence-electron chi connectivity index (χ4n) is 9.40. The number of fused-ring (bicyclic) bond motifs is 2. The van der Waals surface area contributed by atoms with Gasteiger partial charge in [0.1, 0.15) is 0 Å². The molecule has 6 heterocycles. The fourth-order valence-corrected chi connectivity index (χ4v) is 9.40. The maximum absolute atomic E-state index is 3.03. The summed E-state index contributed by atoms with van der Waals surface area (Å²) in [5.74, 6) is 6.74. The Morgan fingerprint density at radius 3 is 1.96 bits per heavy atom. The SMILES string of the molecule is CC1C2CC3CCC2CC3C(C)(C)C(C)(C)N2CC3CCC2CC3C1(C)C. The molecule has 6 aliphatic heterocycles. The topological polar surface area (TPSA) is 3.24 Å². The fraction of sp³-hybridized carbons (Fsp3) is 1.00. The molecule has 8 bridgehead atoms. The first kappa shape index (κ1) is 19.0. The van der Waals surface area contributed by atoms with Crippen LogP contribution in [0.1, 0.15) is 93.4 Å². The van der Waals surface area contributed by atoms with Crippen molar-refractivity contribution in [1.29, 1.82) is 0 Å². The van der Waals surface area contributed by atoms with E-state index in [0.717, 1.165) is 47.5 Å². The van der Waals surface area contributed by atoms with E-state index >= 15 is 0 Å². The lowest BCUT2D eigenvalue weighted by molar-refractivity contribution is -0.178. The Bertz CT molecular complexity index is 601. The summed E-state index contributed by atoms with van der Waals surface area (Å²) in [6, 6.07) is 0.843. The second-order valence-corrected chi connectivity index (χ2v) is 13.2.